The summed E-state index contributed by atoms with van der Waals surface area (Å²) in [6.07, 6.45) is 8.64. The van der Waals surface area contributed by atoms with E-state index in [4.69, 9.17) is 0 Å². The summed E-state index contributed by atoms with van der Waals surface area (Å²) in [5.41, 5.74) is 3.71. The molecule has 1 saturated carbocycles. The Morgan fingerprint density at radius 3 is 2.62 bits per heavy atom. The predicted molar refractivity (Wildman–Crippen MR) is 120 cm³/mol. The van der Waals surface area contributed by atoms with Gasteiger partial charge in [0.2, 0.25) is 0 Å². The summed E-state index contributed by atoms with van der Waals surface area (Å²) in [7, 11) is 3.42. The minimum atomic E-state index is -0.196. The molecule has 3 heterocycles. The van der Waals surface area contributed by atoms with E-state index in [0.29, 0.717) is 35.2 Å². The van der Waals surface area contributed by atoms with Crippen LogP contribution in [-0.4, -0.2) is 61.8 Å². The van der Waals surface area contributed by atoms with Gasteiger partial charge >= 0.3 is 0 Å². The lowest BCUT2D eigenvalue weighted by atomic mass is 9.99. The Morgan fingerprint density at radius 2 is 1.91 bits per heavy atom. The number of aromatic nitrogens is 4. The van der Waals surface area contributed by atoms with Crippen molar-refractivity contribution >= 4 is 22.8 Å². The molecule has 0 bridgehead atoms. The normalized spacial score (nSPS) is 18.7. The van der Waals surface area contributed by atoms with Crippen LogP contribution in [0.15, 0.2) is 30.7 Å². The van der Waals surface area contributed by atoms with E-state index in [1.807, 2.05) is 36.4 Å². The summed E-state index contributed by atoms with van der Waals surface area (Å²) < 4.78 is 2.21. The van der Waals surface area contributed by atoms with Gasteiger partial charge in [0.05, 0.1) is 34.7 Å². The number of aryl methyl sites for hydroxylation is 1. The molecule has 2 fully saturated rings. The standard InChI is InChI=1S/C24H28N6O2/c1-15-18(24(32)28(2)3)13-25-22(27-15)21-6-4-5-11-29(21)23(31)16-7-10-20-19(12-16)26-14-30(20)17-8-9-17/h7,10,12-14,17,21H,4-6,8-9,11H2,1-3H3. The van der Waals surface area contributed by atoms with Gasteiger partial charge in [0.1, 0.15) is 0 Å². The third kappa shape index (κ3) is 3.63. The molecule has 8 nitrogen and oxygen atoms in total. The molecular weight excluding hydrogens is 404 g/mol. The lowest BCUT2D eigenvalue weighted by molar-refractivity contribution is 0.0598. The number of hydrogen-bond donors (Lipinski definition) is 0. The minimum Gasteiger partial charge on any atom is -0.345 e. The van der Waals surface area contributed by atoms with Gasteiger partial charge in [0, 0.05) is 38.4 Å². The van der Waals surface area contributed by atoms with Crippen molar-refractivity contribution in [3.05, 3.63) is 53.4 Å². The lowest BCUT2D eigenvalue weighted by Gasteiger charge is -2.35. The van der Waals surface area contributed by atoms with Crippen molar-refractivity contribution in [3.63, 3.8) is 0 Å². The number of nitrogens with zero attached hydrogens (tertiary/aromatic N) is 6. The highest BCUT2D eigenvalue weighted by Gasteiger charge is 2.32. The van der Waals surface area contributed by atoms with Crippen molar-refractivity contribution < 1.29 is 9.59 Å². The number of likely N-dealkylation sites (tertiary alicyclic amines) is 1. The summed E-state index contributed by atoms with van der Waals surface area (Å²) in [6.45, 7) is 2.49. The molecule has 2 aromatic heterocycles. The van der Waals surface area contributed by atoms with Gasteiger partial charge in [0.15, 0.2) is 5.82 Å². The lowest BCUT2D eigenvalue weighted by Crippen LogP contribution is -2.39. The fourth-order valence-electron chi connectivity index (χ4n) is 4.51. The molecule has 2 amide bonds. The molecule has 32 heavy (non-hydrogen) atoms. The Kier molecular flexibility index (Phi) is 5.15. The highest BCUT2D eigenvalue weighted by Crippen LogP contribution is 2.37. The monoisotopic (exact) mass is 432 g/mol. The Morgan fingerprint density at radius 1 is 1.09 bits per heavy atom. The summed E-state index contributed by atoms with van der Waals surface area (Å²) in [6, 6.07) is 6.17. The van der Waals surface area contributed by atoms with E-state index in [-0.39, 0.29) is 17.9 Å². The fourth-order valence-corrected chi connectivity index (χ4v) is 4.51. The molecule has 1 aliphatic heterocycles. The van der Waals surface area contributed by atoms with Crippen LogP contribution in [0.2, 0.25) is 0 Å². The number of fused-ring (bicyclic) bond motifs is 1. The number of amides is 2. The van der Waals surface area contributed by atoms with Gasteiger partial charge in [-0.3, -0.25) is 9.59 Å². The molecule has 2 aliphatic rings. The van der Waals surface area contributed by atoms with Crippen LogP contribution in [0, 0.1) is 6.92 Å². The molecule has 0 spiro atoms. The van der Waals surface area contributed by atoms with Gasteiger partial charge in [-0.25, -0.2) is 15.0 Å². The van der Waals surface area contributed by atoms with E-state index in [1.54, 1.807) is 20.3 Å². The third-order valence-electron chi connectivity index (χ3n) is 6.46. The summed E-state index contributed by atoms with van der Waals surface area (Å²) in [4.78, 5) is 42.9. The predicted octanol–water partition coefficient (Wildman–Crippen LogP) is 3.54. The minimum absolute atomic E-state index is 0.0210. The smallest absolute Gasteiger partial charge is 0.256 e. The first-order chi connectivity index (χ1) is 15.4. The zero-order valence-electron chi connectivity index (χ0n) is 18.8. The van der Waals surface area contributed by atoms with Gasteiger partial charge in [-0.1, -0.05) is 0 Å². The van der Waals surface area contributed by atoms with Crippen LogP contribution < -0.4 is 0 Å². The van der Waals surface area contributed by atoms with Crippen LogP contribution >= 0.6 is 0 Å². The summed E-state index contributed by atoms with van der Waals surface area (Å²) >= 11 is 0. The first-order valence-corrected chi connectivity index (χ1v) is 11.3. The van der Waals surface area contributed by atoms with Crippen molar-refractivity contribution in [2.45, 2.75) is 51.1 Å². The second-order valence-electron chi connectivity index (χ2n) is 9.02. The maximum atomic E-state index is 13.5. The molecule has 166 valence electrons. The number of carbonyl (C=O) groups excluding carboxylic acids is 2. The average Bonchev–Trinajstić information content (AvgIpc) is 3.56. The molecule has 1 atom stereocenters. The topological polar surface area (TPSA) is 84.2 Å². The van der Waals surface area contributed by atoms with Gasteiger partial charge in [-0.05, 0) is 57.2 Å². The number of carbonyl (C=O) groups is 2. The number of hydrogen-bond acceptors (Lipinski definition) is 5. The summed E-state index contributed by atoms with van der Waals surface area (Å²) in [5.74, 6) is 0.460. The van der Waals surface area contributed by atoms with Gasteiger partial charge < -0.3 is 14.4 Å². The van der Waals surface area contributed by atoms with Crippen LogP contribution in [0.3, 0.4) is 0 Å². The Balaban J connectivity index is 1.43. The Hall–Kier alpha value is -3.29. The second-order valence-corrected chi connectivity index (χ2v) is 9.02. The van der Waals surface area contributed by atoms with E-state index in [9.17, 15) is 9.59 Å². The van der Waals surface area contributed by atoms with E-state index < -0.39 is 0 Å². The maximum absolute atomic E-state index is 13.5. The first kappa shape index (κ1) is 20.6. The zero-order valence-corrected chi connectivity index (χ0v) is 18.8. The highest BCUT2D eigenvalue weighted by molar-refractivity contribution is 5.98. The van der Waals surface area contributed by atoms with Gasteiger partial charge in [-0.15, -0.1) is 0 Å². The molecule has 1 aliphatic carbocycles. The molecule has 0 radical (unpaired) electrons. The molecule has 3 aromatic rings. The van der Waals surface area contributed by atoms with Crippen LogP contribution in [0.25, 0.3) is 11.0 Å². The molecule has 0 N–H and O–H groups in total. The van der Waals surface area contributed by atoms with Crippen LogP contribution in [0.4, 0.5) is 0 Å². The largest absolute Gasteiger partial charge is 0.345 e. The zero-order chi connectivity index (χ0) is 22.4. The van der Waals surface area contributed by atoms with Gasteiger partial charge in [-0.2, -0.15) is 0 Å². The molecule has 5 rings (SSSR count). The van der Waals surface area contributed by atoms with E-state index in [2.05, 4.69) is 19.5 Å². The number of rotatable bonds is 4. The fraction of sp³-hybridized carbons (Fsp3) is 0.458. The van der Waals surface area contributed by atoms with Crippen molar-refractivity contribution in [2.75, 3.05) is 20.6 Å². The van der Waals surface area contributed by atoms with Crippen LogP contribution in [-0.2, 0) is 0 Å². The SMILES string of the molecule is Cc1nc(C2CCCCN2C(=O)c2ccc3c(c2)ncn3C2CC2)ncc1C(=O)N(C)C. The van der Waals surface area contributed by atoms with Gasteiger partial charge in [0.25, 0.3) is 11.8 Å². The van der Waals surface area contributed by atoms with E-state index >= 15 is 0 Å². The molecule has 1 unspecified atom stereocenters. The number of piperidine rings is 1. The molecule has 8 heteroatoms. The second kappa shape index (κ2) is 8.00. The van der Waals surface area contributed by atoms with Crippen molar-refractivity contribution in [2.24, 2.45) is 0 Å². The van der Waals surface area contributed by atoms with E-state index in [0.717, 1.165) is 30.3 Å². The average molecular weight is 433 g/mol. The first-order valence-electron chi connectivity index (χ1n) is 11.3. The maximum Gasteiger partial charge on any atom is 0.256 e. The number of imidazole rings is 1. The molecule has 1 saturated heterocycles. The third-order valence-corrected chi connectivity index (χ3v) is 6.46. The Labute approximate surface area is 187 Å². The summed E-state index contributed by atoms with van der Waals surface area (Å²) in [5, 5.41) is 0. The van der Waals surface area contributed by atoms with Crippen LogP contribution in [0.1, 0.15) is 76.4 Å². The number of benzene rings is 1. The molecular formula is C24H28N6O2. The molecule has 1 aromatic carbocycles. The van der Waals surface area contributed by atoms with Crippen molar-refractivity contribution in [1.29, 1.82) is 0 Å². The van der Waals surface area contributed by atoms with E-state index in [1.165, 1.54) is 17.7 Å². The Bertz CT molecular complexity index is 1200. The van der Waals surface area contributed by atoms with Crippen molar-refractivity contribution in [3.8, 4) is 0 Å². The van der Waals surface area contributed by atoms with Crippen LogP contribution in [0.5, 0.6) is 0 Å². The van der Waals surface area contributed by atoms with Crippen molar-refractivity contribution in [1.82, 2.24) is 29.3 Å². The highest BCUT2D eigenvalue weighted by atomic mass is 16.2. The quantitative estimate of drug-likeness (QED) is 0.630.